The Morgan fingerprint density at radius 3 is 2.48 bits per heavy atom. The highest BCUT2D eigenvalue weighted by Gasteiger charge is 2.45. The second-order valence-electron chi connectivity index (χ2n) is 14.9. The number of thioether (sulfide) groups is 1. The molecule has 286 valence electrons. The molecule has 50 heavy (non-hydrogen) atoms. The molecule has 14 heteroatoms. The molecule has 0 bridgehead atoms. The highest BCUT2D eigenvalue weighted by Crippen LogP contribution is 2.41. The van der Waals surface area contributed by atoms with Crippen molar-refractivity contribution in [3.63, 3.8) is 0 Å². The first-order valence-electron chi connectivity index (χ1n) is 18.2. The van der Waals surface area contributed by atoms with Crippen molar-refractivity contribution in [2.75, 3.05) is 33.4 Å². The Morgan fingerprint density at radius 2 is 1.84 bits per heavy atom. The molecule has 0 aromatic carbocycles. The van der Waals surface area contributed by atoms with E-state index in [1.165, 1.54) is 7.11 Å². The van der Waals surface area contributed by atoms with Crippen LogP contribution in [0.5, 0.6) is 0 Å². The van der Waals surface area contributed by atoms with Gasteiger partial charge in [0.25, 0.3) is 5.91 Å². The topological polar surface area (TPSA) is 165 Å². The van der Waals surface area contributed by atoms with E-state index in [-0.39, 0.29) is 77.9 Å². The summed E-state index contributed by atoms with van der Waals surface area (Å²) in [6.07, 6.45) is 2.44. The molecule has 3 rings (SSSR count). The number of nitrogens with one attached hydrogen (secondary N) is 3. The van der Waals surface area contributed by atoms with Crippen molar-refractivity contribution in [2.24, 2.45) is 11.3 Å². The van der Waals surface area contributed by atoms with Gasteiger partial charge in [-0.2, -0.15) is 0 Å². The molecule has 0 aromatic rings. The van der Waals surface area contributed by atoms with Crippen molar-refractivity contribution < 1.29 is 43.2 Å². The molecule has 0 spiro atoms. The SMILES string of the molecule is C=C1C[C@@](CC(=O)NCC2C[C@@H](O)C(C)(C)[C@@H](CCCOC(=O)NCCCNN3C(=O)CC(SC(C)(CC)CC)C3=O)O2)(OC)O[C@H](C)[C@@H]1C. The zero-order chi connectivity index (χ0) is 37.3. The minimum atomic E-state index is -1.06. The number of nitrogens with zero attached hydrogens (tertiary/aromatic N) is 1. The summed E-state index contributed by atoms with van der Waals surface area (Å²) in [4.78, 5) is 50.4. The summed E-state index contributed by atoms with van der Waals surface area (Å²) in [7, 11) is 1.54. The molecular formula is C36H62N4O9S. The fourth-order valence-electron chi connectivity index (χ4n) is 6.53. The first kappa shape index (κ1) is 42.2. The minimum Gasteiger partial charge on any atom is -0.450 e. The summed E-state index contributed by atoms with van der Waals surface area (Å²) in [6, 6.07) is 0. The van der Waals surface area contributed by atoms with Gasteiger partial charge in [-0.1, -0.05) is 53.7 Å². The molecule has 13 nitrogen and oxygen atoms in total. The predicted octanol–water partition coefficient (Wildman–Crippen LogP) is 4.22. The number of hydrazine groups is 1. The largest absolute Gasteiger partial charge is 0.450 e. The number of carbonyl (C=O) groups is 4. The summed E-state index contributed by atoms with van der Waals surface area (Å²) in [5.41, 5.74) is 3.37. The molecule has 2 unspecified atom stereocenters. The number of carbonyl (C=O) groups excluding carboxylic acids is 4. The lowest BCUT2D eigenvalue weighted by molar-refractivity contribution is -0.263. The van der Waals surface area contributed by atoms with Gasteiger partial charge >= 0.3 is 6.09 Å². The van der Waals surface area contributed by atoms with Gasteiger partial charge in [0, 0.05) is 62.1 Å². The quantitative estimate of drug-likeness (QED) is 0.0909. The number of ether oxygens (including phenoxy) is 4. The van der Waals surface area contributed by atoms with Crippen LogP contribution in [0.3, 0.4) is 0 Å². The van der Waals surface area contributed by atoms with E-state index in [2.05, 4.69) is 43.4 Å². The number of amides is 4. The van der Waals surface area contributed by atoms with Crippen LogP contribution in [-0.4, -0.2) is 107 Å². The summed E-state index contributed by atoms with van der Waals surface area (Å²) in [6.45, 7) is 19.4. The van der Waals surface area contributed by atoms with Gasteiger partial charge < -0.3 is 34.7 Å². The highest BCUT2D eigenvalue weighted by atomic mass is 32.2. The van der Waals surface area contributed by atoms with Gasteiger partial charge in [-0.15, -0.1) is 11.8 Å². The predicted molar refractivity (Wildman–Crippen MR) is 192 cm³/mol. The molecule has 7 atom stereocenters. The number of hydrogen-bond donors (Lipinski definition) is 4. The van der Waals surface area contributed by atoms with E-state index in [0.717, 1.165) is 23.4 Å². The van der Waals surface area contributed by atoms with E-state index in [4.69, 9.17) is 18.9 Å². The van der Waals surface area contributed by atoms with E-state index >= 15 is 0 Å². The fourth-order valence-corrected chi connectivity index (χ4v) is 7.98. The Labute approximate surface area is 302 Å². The lowest BCUT2D eigenvalue weighted by Gasteiger charge is -2.46. The molecule has 0 aromatic heterocycles. The third-order valence-electron chi connectivity index (χ3n) is 10.9. The second kappa shape index (κ2) is 18.5. The lowest BCUT2D eigenvalue weighted by Crippen LogP contribution is -2.53. The normalized spacial score (nSPS) is 30.0. The van der Waals surface area contributed by atoms with Crippen molar-refractivity contribution in [1.82, 2.24) is 21.1 Å². The fraction of sp³-hybridized carbons (Fsp3) is 0.833. The Bertz CT molecular complexity index is 1200. The number of aliphatic hydroxyl groups excluding tert-OH is 1. The Hall–Kier alpha value is -2.23. The number of hydrogen-bond acceptors (Lipinski definition) is 11. The number of rotatable bonds is 18. The third-order valence-corrected chi connectivity index (χ3v) is 12.7. The van der Waals surface area contributed by atoms with E-state index in [1.807, 2.05) is 27.7 Å². The van der Waals surface area contributed by atoms with Crippen molar-refractivity contribution >= 4 is 35.6 Å². The van der Waals surface area contributed by atoms with Crippen LogP contribution in [0.25, 0.3) is 0 Å². The van der Waals surface area contributed by atoms with Crippen LogP contribution in [0.15, 0.2) is 12.2 Å². The van der Waals surface area contributed by atoms with Crippen LogP contribution in [0.2, 0.25) is 0 Å². The van der Waals surface area contributed by atoms with Crippen LogP contribution in [-0.2, 0) is 33.3 Å². The highest BCUT2D eigenvalue weighted by molar-refractivity contribution is 8.02. The van der Waals surface area contributed by atoms with E-state index < -0.39 is 23.4 Å². The minimum absolute atomic E-state index is 0.0228. The monoisotopic (exact) mass is 726 g/mol. The van der Waals surface area contributed by atoms with Crippen molar-refractivity contribution in [1.29, 1.82) is 0 Å². The average Bonchev–Trinajstić information content (AvgIpc) is 3.33. The van der Waals surface area contributed by atoms with Crippen LogP contribution in [0.1, 0.15) is 106 Å². The summed E-state index contributed by atoms with van der Waals surface area (Å²) >= 11 is 1.57. The lowest BCUT2D eigenvalue weighted by atomic mass is 9.74. The zero-order valence-electron chi connectivity index (χ0n) is 31.4. The molecule has 3 heterocycles. The van der Waals surface area contributed by atoms with Crippen molar-refractivity contribution in [3.8, 4) is 0 Å². The first-order chi connectivity index (χ1) is 23.5. The Morgan fingerprint density at radius 1 is 1.14 bits per heavy atom. The molecule has 0 saturated carbocycles. The van der Waals surface area contributed by atoms with Gasteiger partial charge in [-0.05, 0) is 39.0 Å². The Balaban J connectivity index is 1.33. The molecule has 0 radical (unpaired) electrons. The van der Waals surface area contributed by atoms with Gasteiger partial charge in [0.1, 0.15) is 0 Å². The van der Waals surface area contributed by atoms with Crippen molar-refractivity contribution in [3.05, 3.63) is 12.2 Å². The number of aliphatic hydroxyl groups is 1. The van der Waals surface area contributed by atoms with E-state index in [0.29, 0.717) is 45.2 Å². The van der Waals surface area contributed by atoms with E-state index in [9.17, 15) is 24.3 Å². The third kappa shape index (κ3) is 11.1. The summed E-state index contributed by atoms with van der Waals surface area (Å²) < 4.78 is 23.4. The standard InChI is InChI=1S/C36H62N4O9S/c1-10-35(8,11-2)50-27-19-31(43)40(32(27)44)39-16-13-15-37-33(45)47-17-12-14-29-34(6,7)28(41)18-26(48-29)22-38-30(42)21-36(46-9)20-23(3)24(4)25(5)49-36/h24-29,39,41H,3,10-22H2,1-2,4-9H3,(H,37,45)(H,38,42)/t24-,25-,26?,27?,28-,29-,36-/m1/s1. The average molecular weight is 727 g/mol. The van der Waals surface area contributed by atoms with Crippen LogP contribution >= 0.6 is 11.8 Å². The van der Waals surface area contributed by atoms with Gasteiger partial charge in [0.05, 0.1) is 42.7 Å². The maximum Gasteiger partial charge on any atom is 0.407 e. The molecule has 4 N–H and O–H groups in total. The summed E-state index contributed by atoms with van der Waals surface area (Å²) in [5.74, 6) is -1.56. The maximum atomic E-state index is 12.9. The molecule has 3 fully saturated rings. The van der Waals surface area contributed by atoms with Crippen LogP contribution in [0.4, 0.5) is 4.79 Å². The maximum absolute atomic E-state index is 12.9. The molecule has 0 aliphatic carbocycles. The van der Waals surface area contributed by atoms with Crippen molar-refractivity contribution in [2.45, 2.75) is 146 Å². The van der Waals surface area contributed by atoms with Gasteiger partial charge in [0.2, 0.25) is 11.8 Å². The van der Waals surface area contributed by atoms with Gasteiger partial charge in [-0.3, -0.25) is 14.4 Å². The molecule has 3 aliphatic rings. The number of methoxy groups -OCH3 is 1. The zero-order valence-corrected chi connectivity index (χ0v) is 32.2. The summed E-state index contributed by atoms with van der Waals surface area (Å²) in [5, 5.41) is 17.3. The smallest absolute Gasteiger partial charge is 0.407 e. The second-order valence-corrected chi connectivity index (χ2v) is 16.7. The molecular weight excluding hydrogens is 664 g/mol. The molecule has 3 aliphatic heterocycles. The van der Waals surface area contributed by atoms with E-state index in [1.54, 1.807) is 11.8 Å². The number of imide groups is 1. The van der Waals surface area contributed by atoms with Gasteiger partial charge in [-0.25, -0.2) is 15.2 Å². The first-order valence-corrected chi connectivity index (χ1v) is 19.1. The number of alkyl carbamates (subject to hydrolysis) is 1. The van der Waals surface area contributed by atoms with Gasteiger partial charge in [0.15, 0.2) is 5.79 Å². The Kier molecular flexibility index (Phi) is 15.6. The van der Waals surface area contributed by atoms with Crippen LogP contribution in [0, 0.1) is 11.3 Å². The molecule has 4 amide bonds. The molecule has 3 saturated heterocycles. The van der Waals surface area contributed by atoms with Crippen LogP contribution < -0.4 is 16.1 Å².